The summed E-state index contributed by atoms with van der Waals surface area (Å²) in [5, 5.41) is 0. The monoisotopic (exact) mass is 494 g/mol. The van der Waals surface area contributed by atoms with Gasteiger partial charge in [0, 0.05) is 5.56 Å². The van der Waals surface area contributed by atoms with E-state index < -0.39 is 0 Å². The van der Waals surface area contributed by atoms with Crippen LogP contribution in [0.3, 0.4) is 0 Å². The van der Waals surface area contributed by atoms with E-state index in [9.17, 15) is 4.79 Å². The number of methoxy groups -OCH3 is 6. The van der Waals surface area contributed by atoms with E-state index in [1.54, 1.807) is 78.0 Å². The number of benzene rings is 3. The fourth-order valence-electron chi connectivity index (χ4n) is 3.57. The Hall–Kier alpha value is -4.33. The zero-order chi connectivity index (χ0) is 26.1. The molecule has 3 aromatic carbocycles. The van der Waals surface area contributed by atoms with Crippen LogP contribution in [0.25, 0.3) is 6.08 Å². The molecule has 3 rings (SSSR count). The number of hydrogen-bond acceptors (Lipinski definition) is 8. The third kappa shape index (κ3) is 6.02. The molecule has 0 aliphatic heterocycles. The van der Waals surface area contributed by atoms with E-state index in [4.69, 9.17) is 33.2 Å². The lowest BCUT2D eigenvalue weighted by molar-refractivity contribution is 0.104. The molecule has 0 spiro atoms. The van der Waals surface area contributed by atoms with Crippen LogP contribution < -0.4 is 33.2 Å². The molecule has 0 radical (unpaired) electrons. The average molecular weight is 495 g/mol. The number of hydrogen-bond donors (Lipinski definition) is 0. The summed E-state index contributed by atoms with van der Waals surface area (Å²) in [6.45, 7) is 0.283. The molecule has 0 aromatic heterocycles. The second-order valence-corrected chi connectivity index (χ2v) is 7.50. The second-order valence-electron chi connectivity index (χ2n) is 7.50. The van der Waals surface area contributed by atoms with E-state index in [-0.39, 0.29) is 12.4 Å². The Morgan fingerprint density at radius 3 is 1.58 bits per heavy atom. The molecule has 8 heteroatoms. The molecule has 0 unspecified atom stereocenters. The molecule has 8 nitrogen and oxygen atoms in total. The lowest BCUT2D eigenvalue weighted by Gasteiger charge is -2.14. The summed E-state index contributed by atoms with van der Waals surface area (Å²) in [5.41, 5.74) is 2.11. The van der Waals surface area contributed by atoms with Crippen LogP contribution in [-0.4, -0.2) is 48.4 Å². The van der Waals surface area contributed by atoms with Crippen molar-refractivity contribution in [3.63, 3.8) is 0 Å². The fraction of sp³-hybridized carbons (Fsp3) is 0.250. The maximum atomic E-state index is 12.7. The summed E-state index contributed by atoms with van der Waals surface area (Å²) in [5.74, 6) is 3.60. The smallest absolute Gasteiger partial charge is 0.203 e. The first-order valence-electron chi connectivity index (χ1n) is 11.0. The van der Waals surface area contributed by atoms with E-state index in [0.29, 0.717) is 45.8 Å². The van der Waals surface area contributed by atoms with Crippen LogP contribution in [0, 0.1) is 0 Å². The van der Waals surface area contributed by atoms with Gasteiger partial charge in [-0.3, -0.25) is 4.79 Å². The zero-order valence-electron chi connectivity index (χ0n) is 21.2. The van der Waals surface area contributed by atoms with Gasteiger partial charge >= 0.3 is 0 Å². The molecule has 0 N–H and O–H groups in total. The van der Waals surface area contributed by atoms with E-state index in [0.717, 1.165) is 11.1 Å². The van der Waals surface area contributed by atoms with Crippen molar-refractivity contribution in [2.45, 2.75) is 6.61 Å². The molecule has 0 fully saturated rings. The van der Waals surface area contributed by atoms with Crippen LogP contribution in [-0.2, 0) is 6.61 Å². The van der Waals surface area contributed by atoms with Gasteiger partial charge in [-0.2, -0.15) is 0 Å². The third-order valence-electron chi connectivity index (χ3n) is 5.38. The van der Waals surface area contributed by atoms with Gasteiger partial charge in [-0.25, -0.2) is 0 Å². The van der Waals surface area contributed by atoms with E-state index in [2.05, 4.69) is 0 Å². The zero-order valence-corrected chi connectivity index (χ0v) is 21.2. The number of allylic oxidation sites excluding steroid dienone is 1. The van der Waals surface area contributed by atoms with Crippen molar-refractivity contribution >= 4 is 11.9 Å². The van der Waals surface area contributed by atoms with E-state index in [1.807, 2.05) is 12.1 Å². The molecule has 0 atom stereocenters. The predicted molar refractivity (Wildman–Crippen MR) is 136 cm³/mol. The molecule has 0 saturated heterocycles. The van der Waals surface area contributed by atoms with Crippen molar-refractivity contribution in [2.75, 3.05) is 42.7 Å². The molecule has 36 heavy (non-hydrogen) atoms. The first-order valence-corrected chi connectivity index (χ1v) is 11.0. The van der Waals surface area contributed by atoms with Gasteiger partial charge in [0.25, 0.3) is 0 Å². The van der Waals surface area contributed by atoms with Crippen molar-refractivity contribution < 1.29 is 38.0 Å². The van der Waals surface area contributed by atoms with Crippen LogP contribution in [0.15, 0.2) is 54.6 Å². The Kier molecular flexibility index (Phi) is 9.05. The van der Waals surface area contributed by atoms with Gasteiger partial charge in [0.15, 0.2) is 28.8 Å². The third-order valence-corrected chi connectivity index (χ3v) is 5.38. The van der Waals surface area contributed by atoms with Crippen LogP contribution in [0.1, 0.15) is 21.5 Å². The highest BCUT2D eigenvalue weighted by Gasteiger charge is 2.14. The molecule has 190 valence electrons. The molecular formula is C28H30O8. The molecular weight excluding hydrogens is 464 g/mol. The quantitative estimate of drug-likeness (QED) is 0.251. The van der Waals surface area contributed by atoms with E-state index in [1.165, 1.54) is 13.2 Å². The van der Waals surface area contributed by atoms with Gasteiger partial charge < -0.3 is 33.2 Å². The number of carbonyl (C=O) groups is 1. The minimum absolute atomic E-state index is 0.153. The first kappa shape index (κ1) is 26.3. The topological polar surface area (TPSA) is 81.7 Å². The van der Waals surface area contributed by atoms with Crippen LogP contribution >= 0.6 is 0 Å². The van der Waals surface area contributed by atoms with E-state index >= 15 is 0 Å². The maximum absolute atomic E-state index is 12.7. The fourth-order valence-corrected chi connectivity index (χ4v) is 3.57. The molecule has 0 amide bonds. The summed E-state index contributed by atoms with van der Waals surface area (Å²) >= 11 is 0. The Bertz CT molecular complexity index is 1160. The number of ketones is 1. The SMILES string of the molecule is COc1cc(/C=C/C(=O)c2ccc(OCc3cc(OC)c(OC)c(OC)c3)cc2)cc(OC)c1OC. The Labute approximate surface area is 210 Å². The van der Waals surface area contributed by atoms with Crippen LogP contribution in [0.2, 0.25) is 0 Å². The molecule has 0 bridgehead atoms. The number of rotatable bonds is 12. The lowest BCUT2D eigenvalue weighted by Crippen LogP contribution is -2.00. The summed E-state index contributed by atoms with van der Waals surface area (Å²) in [6.07, 6.45) is 3.19. The van der Waals surface area contributed by atoms with Crippen LogP contribution in [0.4, 0.5) is 0 Å². The van der Waals surface area contributed by atoms with Crippen molar-refractivity contribution in [3.8, 4) is 40.2 Å². The number of ether oxygens (including phenoxy) is 7. The minimum atomic E-state index is -0.153. The number of carbonyl (C=O) groups excluding carboxylic acids is 1. The van der Waals surface area contributed by atoms with Gasteiger partial charge in [-0.1, -0.05) is 6.08 Å². The molecule has 3 aromatic rings. The summed E-state index contributed by atoms with van der Waals surface area (Å²) in [7, 11) is 9.31. The first-order chi connectivity index (χ1) is 17.5. The van der Waals surface area contributed by atoms with Gasteiger partial charge in [0.1, 0.15) is 12.4 Å². The highest BCUT2D eigenvalue weighted by atomic mass is 16.5. The van der Waals surface area contributed by atoms with Crippen molar-refractivity contribution in [2.24, 2.45) is 0 Å². The molecule has 0 heterocycles. The molecule has 0 aliphatic carbocycles. The standard InChI is InChI=1S/C28H30O8/c1-30-23-13-18(14-24(31-2)27(23)34-5)7-12-22(29)20-8-10-21(11-9-20)36-17-19-15-25(32-3)28(35-6)26(16-19)33-4/h7-16H,17H2,1-6H3/b12-7+. The van der Waals surface area contributed by atoms with Crippen LogP contribution in [0.5, 0.6) is 40.2 Å². The summed E-state index contributed by atoms with van der Waals surface area (Å²) in [4.78, 5) is 12.7. The van der Waals surface area contributed by atoms with Crippen molar-refractivity contribution in [3.05, 3.63) is 71.3 Å². The highest BCUT2D eigenvalue weighted by molar-refractivity contribution is 6.06. The van der Waals surface area contributed by atoms with Crippen molar-refractivity contribution in [1.82, 2.24) is 0 Å². The highest BCUT2D eigenvalue weighted by Crippen LogP contribution is 2.39. The molecule has 0 aliphatic rings. The van der Waals surface area contributed by atoms with Gasteiger partial charge in [0.05, 0.1) is 42.7 Å². The minimum Gasteiger partial charge on any atom is -0.493 e. The van der Waals surface area contributed by atoms with Gasteiger partial charge in [-0.05, 0) is 65.7 Å². The predicted octanol–water partition coefficient (Wildman–Crippen LogP) is 5.21. The normalized spacial score (nSPS) is 10.6. The second kappa shape index (κ2) is 12.4. The Balaban J connectivity index is 1.69. The molecule has 0 saturated carbocycles. The lowest BCUT2D eigenvalue weighted by atomic mass is 10.1. The largest absolute Gasteiger partial charge is 0.493 e. The maximum Gasteiger partial charge on any atom is 0.203 e. The average Bonchev–Trinajstić information content (AvgIpc) is 2.93. The Morgan fingerprint density at radius 2 is 1.14 bits per heavy atom. The summed E-state index contributed by atoms with van der Waals surface area (Å²) in [6, 6.07) is 14.1. The summed E-state index contributed by atoms with van der Waals surface area (Å²) < 4.78 is 38.0. The Morgan fingerprint density at radius 1 is 0.667 bits per heavy atom. The van der Waals surface area contributed by atoms with Gasteiger partial charge in [0.2, 0.25) is 11.5 Å². The van der Waals surface area contributed by atoms with Crippen molar-refractivity contribution in [1.29, 1.82) is 0 Å². The van der Waals surface area contributed by atoms with Gasteiger partial charge in [-0.15, -0.1) is 0 Å².